The molecule has 0 spiro atoms. The van der Waals surface area contributed by atoms with E-state index in [2.05, 4.69) is 10.1 Å². The Morgan fingerprint density at radius 2 is 1.71 bits per heavy atom. The lowest BCUT2D eigenvalue weighted by Gasteiger charge is -2.20. The van der Waals surface area contributed by atoms with Gasteiger partial charge in [-0.05, 0) is 54.8 Å². The van der Waals surface area contributed by atoms with Crippen LogP contribution < -0.4 is 4.90 Å². The molecule has 28 heavy (non-hydrogen) atoms. The Balaban J connectivity index is 1.45. The summed E-state index contributed by atoms with van der Waals surface area (Å²) in [6, 6.07) is 12.1. The van der Waals surface area contributed by atoms with Crippen LogP contribution in [-0.2, 0) is 11.2 Å². The fourth-order valence-corrected chi connectivity index (χ4v) is 3.44. The first-order valence-corrected chi connectivity index (χ1v) is 9.21. The van der Waals surface area contributed by atoms with Crippen molar-refractivity contribution in [2.24, 2.45) is 0 Å². The molecular weight excluding hydrogens is 364 g/mol. The monoisotopic (exact) mass is 383 g/mol. The lowest BCUT2D eigenvalue weighted by Crippen LogP contribution is -2.30. The highest BCUT2D eigenvalue weighted by Crippen LogP contribution is 2.30. The summed E-state index contributed by atoms with van der Waals surface area (Å²) in [5.41, 5.74) is 1.57. The highest BCUT2D eigenvalue weighted by molar-refractivity contribution is 5.94. The van der Waals surface area contributed by atoms with Crippen LogP contribution in [0, 0.1) is 11.6 Å². The molecule has 1 saturated heterocycles. The van der Waals surface area contributed by atoms with Crippen LogP contribution in [0.15, 0.2) is 53.1 Å². The number of hydrogen-bond donors (Lipinski definition) is 0. The minimum Gasteiger partial charge on any atom is -0.339 e. The summed E-state index contributed by atoms with van der Waals surface area (Å²) in [6.45, 7) is 0.567. The Labute approximate surface area is 161 Å². The third-order valence-electron chi connectivity index (χ3n) is 4.90. The maximum absolute atomic E-state index is 13.1. The molecule has 0 N–H and O–H groups in total. The van der Waals surface area contributed by atoms with Crippen molar-refractivity contribution in [3.05, 3.63) is 77.4 Å². The van der Waals surface area contributed by atoms with E-state index >= 15 is 0 Å². The van der Waals surface area contributed by atoms with Crippen LogP contribution >= 0.6 is 0 Å². The average molecular weight is 383 g/mol. The molecule has 7 heteroatoms. The highest BCUT2D eigenvalue weighted by Gasteiger charge is 2.29. The van der Waals surface area contributed by atoms with Gasteiger partial charge in [0.2, 0.25) is 11.8 Å². The van der Waals surface area contributed by atoms with Crippen molar-refractivity contribution < 1.29 is 18.1 Å². The smallest absolute Gasteiger partial charge is 0.230 e. The van der Waals surface area contributed by atoms with Gasteiger partial charge in [0.15, 0.2) is 5.82 Å². The maximum Gasteiger partial charge on any atom is 0.230 e. The normalized spacial score (nSPS) is 17.6. The largest absolute Gasteiger partial charge is 0.339 e. The quantitative estimate of drug-likeness (QED) is 0.676. The van der Waals surface area contributed by atoms with E-state index in [4.69, 9.17) is 4.52 Å². The van der Waals surface area contributed by atoms with Gasteiger partial charge in [-0.1, -0.05) is 17.3 Å². The average Bonchev–Trinajstić information content (AvgIpc) is 3.06. The molecule has 3 aromatic rings. The Kier molecular flexibility index (Phi) is 5.14. The molecule has 1 atom stereocenters. The second kappa shape index (κ2) is 7.88. The summed E-state index contributed by atoms with van der Waals surface area (Å²) in [6.07, 6.45) is 2.23. The molecule has 0 radical (unpaired) electrons. The number of rotatable bonds is 4. The van der Waals surface area contributed by atoms with E-state index in [1.807, 2.05) is 0 Å². The molecule has 1 fully saturated rings. The van der Waals surface area contributed by atoms with Crippen molar-refractivity contribution in [3.8, 4) is 0 Å². The Hall–Kier alpha value is -3.09. The topological polar surface area (TPSA) is 59.2 Å². The van der Waals surface area contributed by atoms with Gasteiger partial charge in [-0.3, -0.25) is 4.79 Å². The lowest BCUT2D eigenvalue weighted by atomic mass is 10.0. The zero-order valence-electron chi connectivity index (χ0n) is 15.1. The maximum atomic E-state index is 13.1. The van der Waals surface area contributed by atoms with Crippen LogP contribution in [0.4, 0.5) is 14.5 Å². The van der Waals surface area contributed by atoms with E-state index in [0.717, 1.165) is 18.4 Å². The number of benzene rings is 2. The minimum absolute atomic E-state index is 0.0487. The number of amides is 1. The number of anilines is 1. The van der Waals surface area contributed by atoms with Gasteiger partial charge in [-0.2, -0.15) is 4.98 Å². The van der Waals surface area contributed by atoms with E-state index in [9.17, 15) is 13.6 Å². The molecule has 1 aromatic heterocycles. The highest BCUT2D eigenvalue weighted by atomic mass is 19.1. The number of carbonyl (C=O) groups excluding carboxylic acids is 1. The standard InChI is InChI=1S/C21H19F2N3O2/c22-16-5-3-14(4-6-16)12-19-24-21(28-25-19)15-2-1-11-26(20(27)13-15)18-9-7-17(23)8-10-18/h3-10,15H,1-2,11-13H2. The zero-order valence-corrected chi connectivity index (χ0v) is 15.1. The Bertz CT molecular complexity index is 955. The lowest BCUT2D eigenvalue weighted by molar-refractivity contribution is -0.118. The molecule has 2 aromatic carbocycles. The Morgan fingerprint density at radius 1 is 1.04 bits per heavy atom. The summed E-state index contributed by atoms with van der Waals surface area (Å²) < 4.78 is 31.6. The predicted octanol–water partition coefficient (Wildman–Crippen LogP) is 4.24. The summed E-state index contributed by atoms with van der Waals surface area (Å²) in [5, 5.41) is 4.01. The molecule has 0 aliphatic carbocycles. The summed E-state index contributed by atoms with van der Waals surface area (Å²) in [7, 11) is 0. The molecule has 0 bridgehead atoms. The Morgan fingerprint density at radius 3 is 2.43 bits per heavy atom. The second-order valence-corrected chi connectivity index (χ2v) is 6.92. The number of carbonyl (C=O) groups is 1. The fraction of sp³-hybridized carbons (Fsp3) is 0.286. The number of nitrogens with zero attached hydrogens (tertiary/aromatic N) is 3. The first kappa shape index (κ1) is 18.3. The van der Waals surface area contributed by atoms with Gasteiger partial charge < -0.3 is 9.42 Å². The minimum atomic E-state index is -0.330. The van der Waals surface area contributed by atoms with Crippen molar-refractivity contribution in [2.75, 3.05) is 11.4 Å². The third kappa shape index (κ3) is 4.08. The molecule has 1 unspecified atom stereocenters. The van der Waals surface area contributed by atoms with E-state index in [0.29, 0.717) is 30.4 Å². The predicted molar refractivity (Wildman–Crippen MR) is 98.8 cm³/mol. The van der Waals surface area contributed by atoms with Crippen molar-refractivity contribution in [2.45, 2.75) is 31.6 Å². The van der Waals surface area contributed by atoms with Crippen LogP contribution in [0.5, 0.6) is 0 Å². The molecule has 2 heterocycles. The van der Waals surface area contributed by atoms with Gasteiger partial charge in [-0.15, -0.1) is 0 Å². The SMILES string of the molecule is O=C1CC(c2nc(Cc3ccc(F)cc3)no2)CCCN1c1ccc(F)cc1. The molecule has 144 valence electrons. The summed E-state index contributed by atoms with van der Waals surface area (Å²) in [5.74, 6) is 0.142. The van der Waals surface area contributed by atoms with Gasteiger partial charge in [0, 0.05) is 31.0 Å². The van der Waals surface area contributed by atoms with E-state index in [1.165, 1.54) is 24.3 Å². The first-order valence-electron chi connectivity index (χ1n) is 9.21. The molecule has 1 aliphatic heterocycles. The molecule has 1 aliphatic rings. The molecule has 5 nitrogen and oxygen atoms in total. The van der Waals surface area contributed by atoms with Crippen molar-refractivity contribution in [3.63, 3.8) is 0 Å². The summed E-state index contributed by atoms with van der Waals surface area (Å²) in [4.78, 5) is 18.8. The molecule has 1 amide bonds. The van der Waals surface area contributed by atoms with Crippen molar-refractivity contribution in [1.82, 2.24) is 10.1 Å². The number of halogens is 2. The second-order valence-electron chi connectivity index (χ2n) is 6.92. The van der Waals surface area contributed by atoms with E-state index < -0.39 is 0 Å². The molecular formula is C21H19F2N3O2. The first-order chi connectivity index (χ1) is 13.6. The van der Waals surface area contributed by atoms with E-state index in [-0.39, 0.29) is 29.9 Å². The number of aromatic nitrogens is 2. The zero-order chi connectivity index (χ0) is 19.5. The van der Waals surface area contributed by atoms with Crippen LogP contribution in [0.25, 0.3) is 0 Å². The van der Waals surface area contributed by atoms with Crippen LogP contribution in [-0.4, -0.2) is 22.6 Å². The van der Waals surface area contributed by atoms with E-state index in [1.54, 1.807) is 29.2 Å². The van der Waals surface area contributed by atoms with Gasteiger partial charge in [0.05, 0.1) is 0 Å². The van der Waals surface area contributed by atoms with Crippen LogP contribution in [0.3, 0.4) is 0 Å². The van der Waals surface area contributed by atoms with Crippen LogP contribution in [0.2, 0.25) is 0 Å². The van der Waals surface area contributed by atoms with Crippen molar-refractivity contribution in [1.29, 1.82) is 0 Å². The fourth-order valence-electron chi connectivity index (χ4n) is 3.44. The third-order valence-corrected chi connectivity index (χ3v) is 4.90. The van der Waals surface area contributed by atoms with Gasteiger partial charge in [0.25, 0.3) is 0 Å². The van der Waals surface area contributed by atoms with Gasteiger partial charge >= 0.3 is 0 Å². The van der Waals surface area contributed by atoms with Crippen molar-refractivity contribution >= 4 is 11.6 Å². The van der Waals surface area contributed by atoms with Gasteiger partial charge in [-0.25, -0.2) is 8.78 Å². The molecule has 4 rings (SSSR count). The summed E-state index contributed by atoms with van der Waals surface area (Å²) >= 11 is 0. The van der Waals surface area contributed by atoms with Gasteiger partial charge in [0.1, 0.15) is 11.6 Å². The number of hydrogen-bond acceptors (Lipinski definition) is 4. The van der Waals surface area contributed by atoms with Crippen LogP contribution in [0.1, 0.15) is 42.5 Å². The molecule has 0 saturated carbocycles.